The third kappa shape index (κ3) is 3.58. The van der Waals surface area contributed by atoms with Crippen molar-refractivity contribution in [2.75, 3.05) is 0 Å². The summed E-state index contributed by atoms with van der Waals surface area (Å²) in [7, 11) is -3.43. The van der Waals surface area contributed by atoms with E-state index in [4.69, 9.17) is 0 Å². The van der Waals surface area contributed by atoms with Crippen molar-refractivity contribution in [3.8, 4) is 0 Å². The highest BCUT2D eigenvalue weighted by Gasteiger charge is 2.32. The molecule has 0 heterocycles. The van der Waals surface area contributed by atoms with Crippen LogP contribution in [0.3, 0.4) is 0 Å². The van der Waals surface area contributed by atoms with Gasteiger partial charge in [0.05, 0.1) is 4.90 Å². The molecule has 0 bridgehead atoms. The topological polar surface area (TPSA) is 46.2 Å². The first-order chi connectivity index (χ1) is 8.82. The molecule has 0 unspecified atom stereocenters. The Bertz CT molecular complexity index is 563. The van der Waals surface area contributed by atoms with Gasteiger partial charge in [-0.05, 0) is 50.5 Å². The summed E-state index contributed by atoms with van der Waals surface area (Å²) in [5, 5.41) is 0. The summed E-state index contributed by atoms with van der Waals surface area (Å²) < 4.78 is 28.7. The van der Waals surface area contributed by atoms with Crippen molar-refractivity contribution in [3.63, 3.8) is 0 Å². The first-order valence-corrected chi connectivity index (χ1v) is 8.90. The molecular weight excluding hydrogens is 326 g/mol. The van der Waals surface area contributed by atoms with Gasteiger partial charge in [-0.15, -0.1) is 0 Å². The monoisotopic (exact) mass is 345 g/mol. The number of halogens is 1. The lowest BCUT2D eigenvalue weighted by Crippen LogP contribution is -2.47. The minimum absolute atomic E-state index is 0.294. The zero-order chi connectivity index (χ0) is 14.1. The largest absolute Gasteiger partial charge is 0.241 e. The Kier molecular flexibility index (Phi) is 4.38. The quantitative estimate of drug-likeness (QED) is 0.906. The van der Waals surface area contributed by atoms with Crippen LogP contribution in [0.2, 0.25) is 0 Å². The van der Waals surface area contributed by atoms with Gasteiger partial charge in [-0.2, -0.15) is 0 Å². The number of hydrogen-bond donors (Lipinski definition) is 1. The van der Waals surface area contributed by atoms with Crippen LogP contribution in [0.4, 0.5) is 0 Å². The summed E-state index contributed by atoms with van der Waals surface area (Å²) in [5.74, 6) is 0. The number of benzene rings is 1. The van der Waals surface area contributed by atoms with Crippen LogP contribution in [0.5, 0.6) is 0 Å². The second-order valence-electron chi connectivity index (χ2n) is 5.64. The maximum atomic E-state index is 12.4. The maximum Gasteiger partial charge on any atom is 0.241 e. The molecule has 0 spiro atoms. The molecule has 0 aromatic heterocycles. The Morgan fingerprint density at radius 2 is 1.84 bits per heavy atom. The van der Waals surface area contributed by atoms with Crippen molar-refractivity contribution in [1.82, 2.24) is 4.72 Å². The minimum atomic E-state index is -3.43. The molecule has 1 aromatic carbocycles. The molecule has 1 fully saturated rings. The molecular formula is C14H20BrNO2S. The van der Waals surface area contributed by atoms with Crippen LogP contribution in [-0.4, -0.2) is 14.0 Å². The van der Waals surface area contributed by atoms with Crippen molar-refractivity contribution in [1.29, 1.82) is 0 Å². The fourth-order valence-corrected chi connectivity index (χ4v) is 4.40. The highest BCUT2D eigenvalue weighted by Crippen LogP contribution is 2.29. The summed E-state index contributed by atoms with van der Waals surface area (Å²) in [6, 6.07) is 5.14. The van der Waals surface area contributed by atoms with Gasteiger partial charge in [0.15, 0.2) is 0 Å². The zero-order valence-electron chi connectivity index (χ0n) is 11.4. The molecule has 1 aliphatic carbocycles. The van der Waals surface area contributed by atoms with Crippen LogP contribution < -0.4 is 4.72 Å². The van der Waals surface area contributed by atoms with E-state index in [1.165, 1.54) is 6.42 Å². The molecule has 1 N–H and O–H groups in total. The Hall–Kier alpha value is -0.390. The lowest BCUT2D eigenvalue weighted by Gasteiger charge is -2.34. The Labute approximate surface area is 124 Å². The molecule has 0 atom stereocenters. The number of rotatable bonds is 3. The van der Waals surface area contributed by atoms with Gasteiger partial charge < -0.3 is 0 Å². The molecule has 0 aliphatic heterocycles. The molecule has 0 saturated heterocycles. The zero-order valence-corrected chi connectivity index (χ0v) is 13.8. The van der Waals surface area contributed by atoms with Crippen LogP contribution in [0.15, 0.2) is 27.6 Å². The number of aryl methyl sites for hydroxylation is 1. The van der Waals surface area contributed by atoms with E-state index >= 15 is 0 Å². The van der Waals surface area contributed by atoms with Crippen LogP contribution in [0, 0.1) is 6.92 Å². The number of nitrogens with one attached hydrogen (secondary N) is 1. The van der Waals surface area contributed by atoms with Crippen molar-refractivity contribution in [2.24, 2.45) is 0 Å². The first-order valence-electron chi connectivity index (χ1n) is 6.63. The predicted octanol–water partition coefficient (Wildman–Crippen LogP) is 3.76. The Balaban J connectivity index is 2.24. The van der Waals surface area contributed by atoms with Gasteiger partial charge in [0.2, 0.25) is 10.0 Å². The maximum absolute atomic E-state index is 12.4. The first kappa shape index (κ1) is 15.0. The van der Waals surface area contributed by atoms with Crippen molar-refractivity contribution in [2.45, 2.75) is 56.4 Å². The summed E-state index contributed by atoms with van der Waals surface area (Å²) in [5.41, 5.74) is 0.634. The van der Waals surface area contributed by atoms with Gasteiger partial charge in [0.25, 0.3) is 0 Å². The Morgan fingerprint density at radius 1 is 1.21 bits per heavy atom. The number of sulfonamides is 1. The molecule has 2 rings (SSSR count). The lowest BCUT2D eigenvalue weighted by molar-refractivity contribution is 0.294. The van der Waals surface area contributed by atoms with E-state index < -0.39 is 10.0 Å². The lowest BCUT2D eigenvalue weighted by atomic mass is 9.84. The van der Waals surface area contributed by atoms with Gasteiger partial charge in [-0.25, -0.2) is 13.1 Å². The van der Waals surface area contributed by atoms with Crippen LogP contribution >= 0.6 is 15.9 Å². The molecule has 3 nitrogen and oxygen atoms in total. The van der Waals surface area contributed by atoms with Crippen LogP contribution in [-0.2, 0) is 10.0 Å². The van der Waals surface area contributed by atoms with E-state index in [9.17, 15) is 8.42 Å². The molecule has 0 amide bonds. The van der Waals surface area contributed by atoms with E-state index in [0.717, 1.165) is 35.7 Å². The third-order valence-electron chi connectivity index (χ3n) is 3.78. The summed E-state index contributed by atoms with van der Waals surface area (Å²) >= 11 is 3.39. The van der Waals surface area contributed by atoms with Gasteiger partial charge in [0, 0.05) is 10.0 Å². The van der Waals surface area contributed by atoms with Gasteiger partial charge >= 0.3 is 0 Å². The summed E-state index contributed by atoms with van der Waals surface area (Å²) in [6.45, 7) is 3.90. The normalized spacial score (nSPS) is 19.3. The fourth-order valence-electron chi connectivity index (χ4n) is 2.60. The average molecular weight is 346 g/mol. The van der Waals surface area contributed by atoms with E-state index in [1.807, 2.05) is 13.8 Å². The van der Waals surface area contributed by atoms with Crippen molar-refractivity contribution < 1.29 is 8.42 Å². The molecule has 106 valence electrons. The molecule has 0 radical (unpaired) electrons. The van der Waals surface area contributed by atoms with E-state index in [-0.39, 0.29) is 5.54 Å². The molecule has 1 saturated carbocycles. The minimum Gasteiger partial charge on any atom is -0.207 e. The Morgan fingerprint density at radius 3 is 2.42 bits per heavy atom. The average Bonchev–Trinajstić information content (AvgIpc) is 2.32. The second kappa shape index (κ2) is 5.54. The fraction of sp³-hybridized carbons (Fsp3) is 0.571. The summed E-state index contributed by atoms with van der Waals surface area (Å²) in [6.07, 6.45) is 5.23. The summed E-state index contributed by atoms with van der Waals surface area (Å²) in [4.78, 5) is 0.347. The van der Waals surface area contributed by atoms with Gasteiger partial charge in [0.1, 0.15) is 0 Å². The van der Waals surface area contributed by atoms with Crippen LogP contribution in [0.25, 0.3) is 0 Å². The van der Waals surface area contributed by atoms with Crippen molar-refractivity contribution in [3.05, 3.63) is 28.2 Å². The highest BCUT2D eigenvalue weighted by atomic mass is 79.9. The van der Waals surface area contributed by atoms with Crippen molar-refractivity contribution >= 4 is 26.0 Å². The van der Waals surface area contributed by atoms with Gasteiger partial charge in [-0.1, -0.05) is 35.2 Å². The van der Waals surface area contributed by atoms with Crippen LogP contribution in [0.1, 0.15) is 44.6 Å². The predicted molar refractivity (Wildman–Crippen MR) is 80.7 cm³/mol. The number of hydrogen-bond acceptors (Lipinski definition) is 2. The molecule has 5 heteroatoms. The van der Waals surface area contributed by atoms with Gasteiger partial charge in [-0.3, -0.25) is 0 Å². The molecule has 1 aliphatic rings. The van der Waals surface area contributed by atoms with E-state index in [1.54, 1.807) is 18.2 Å². The SMILES string of the molecule is Cc1cc(S(=O)(=O)NC2(C)CCCCC2)ccc1Br. The molecule has 1 aromatic rings. The smallest absolute Gasteiger partial charge is 0.207 e. The molecule has 19 heavy (non-hydrogen) atoms. The third-order valence-corrected chi connectivity index (χ3v) is 6.30. The van der Waals surface area contributed by atoms with E-state index in [0.29, 0.717) is 4.90 Å². The standard InChI is InChI=1S/C14H20BrNO2S/c1-11-10-12(6-7-13(11)15)19(17,18)16-14(2)8-4-3-5-9-14/h6-7,10,16H,3-5,8-9H2,1-2H3. The second-order valence-corrected chi connectivity index (χ2v) is 8.17. The van der Waals surface area contributed by atoms with E-state index in [2.05, 4.69) is 20.7 Å². The highest BCUT2D eigenvalue weighted by molar-refractivity contribution is 9.10.